The van der Waals surface area contributed by atoms with Gasteiger partial charge < -0.3 is 10.4 Å². The summed E-state index contributed by atoms with van der Waals surface area (Å²) >= 11 is 0. The Morgan fingerprint density at radius 1 is 1.07 bits per heavy atom. The van der Waals surface area contributed by atoms with E-state index in [9.17, 15) is 23.1 Å². The van der Waals surface area contributed by atoms with Crippen LogP contribution >= 0.6 is 0 Å². The Bertz CT molecular complexity index is 782. The molecule has 1 unspecified atom stereocenters. The molecule has 29 heavy (non-hydrogen) atoms. The van der Waals surface area contributed by atoms with Crippen LogP contribution < -0.4 is 5.32 Å². The highest BCUT2D eigenvalue weighted by Crippen LogP contribution is 2.21. The smallest absolute Gasteiger partial charge is 0.326 e. The molecule has 1 fully saturated rings. The van der Waals surface area contributed by atoms with E-state index >= 15 is 0 Å². The first-order valence-electron chi connectivity index (χ1n) is 10.3. The zero-order chi connectivity index (χ0) is 21.4. The van der Waals surface area contributed by atoms with Gasteiger partial charge in [0.1, 0.15) is 6.04 Å². The highest BCUT2D eigenvalue weighted by molar-refractivity contribution is 7.89. The van der Waals surface area contributed by atoms with Crippen molar-refractivity contribution in [2.75, 3.05) is 13.1 Å². The number of aliphatic carboxylic acids is 1. The van der Waals surface area contributed by atoms with Gasteiger partial charge in [-0.3, -0.25) is 4.79 Å². The number of nitrogens with one attached hydrogen (secondary N) is 1. The summed E-state index contributed by atoms with van der Waals surface area (Å²) in [4.78, 5) is 23.6. The average Bonchev–Trinajstić information content (AvgIpc) is 2.96. The maximum atomic E-state index is 12.8. The molecule has 1 aromatic carbocycles. The standard InChI is InChI=1S/C21H32N2O5S/c1-16(2)15-19(21(25)26)22-20(24)12-9-17-7-10-18(11-8-17)29(27,28)23-13-5-3-4-6-14-23/h7-8,10-11,16,19H,3-6,9,12-15H2,1-2H3,(H,22,24)(H,25,26). The van der Waals surface area contributed by atoms with E-state index in [0.717, 1.165) is 31.2 Å². The summed E-state index contributed by atoms with van der Waals surface area (Å²) in [5.74, 6) is -1.19. The van der Waals surface area contributed by atoms with Crippen LogP contribution in [0.2, 0.25) is 0 Å². The summed E-state index contributed by atoms with van der Waals surface area (Å²) in [5.41, 5.74) is 0.839. The molecule has 1 saturated heterocycles. The Hall–Kier alpha value is -1.93. The van der Waals surface area contributed by atoms with Crippen LogP contribution in [0.4, 0.5) is 0 Å². The van der Waals surface area contributed by atoms with Crippen molar-refractivity contribution in [1.29, 1.82) is 0 Å². The second-order valence-electron chi connectivity index (χ2n) is 8.05. The molecule has 0 radical (unpaired) electrons. The van der Waals surface area contributed by atoms with Gasteiger partial charge >= 0.3 is 5.97 Å². The summed E-state index contributed by atoms with van der Waals surface area (Å²) in [7, 11) is -3.48. The number of nitrogens with zero attached hydrogens (tertiary/aromatic N) is 1. The first-order valence-corrected chi connectivity index (χ1v) is 11.8. The molecule has 2 rings (SSSR count). The molecule has 0 saturated carbocycles. The lowest BCUT2D eigenvalue weighted by molar-refractivity contribution is -0.142. The van der Waals surface area contributed by atoms with E-state index in [2.05, 4.69) is 5.32 Å². The summed E-state index contributed by atoms with van der Waals surface area (Å²) in [5, 5.41) is 11.8. The van der Waals surface area contributed by atoms with Crippen LogP contribution in [0.5, 0.6) is 0 Å². The molecule has 0 spiro atoms. The van der Waals surface area contributed by atoms with E-state index in [4.69, 9.17) is 0 Å². The molecule has 2 N–H and O–H groups in total. The molecule has 8 heteroatoms. The van der Waals surface area contributed by atoms with Crippen LogP contribution in [-0.2, 0) is 26.0 Å². The van der Waals surface area contributed by atoms with Crippen molar-refractivity contribution >= 4 is 21.9 Å². The van der Waals surface area contributed by atoms with Crippen molar-refractivity contribution in [1.82, 2.24) is 9.62 Å². The largest absolute Gasteiger partial charge is 0.480 e. The van der Waals surface area contributed by atoms with Crippen LogP contribution in [0.15, 0.2) is 29.2 Å². The van der Waals surface area contributed by atoms with E-state index in [1.54, 1.807) is 28.6 Å². The second-order valence-corrected chi connectivity index (χ2v) is 9.99. The van der Waals surface area contributed by atoms with Crippen molar-refractivity contribution in [3.05, 3.63) is 29.8 Å². The van der Waals surface area contributed by atoms with Crippen molar-refractivity contribution < 1.29 is 23.1 Å². The number of carboxylic acid groups (broad SMARTS) is 1. The van der Waals surface area contributed by atoms with Gasteiger partial charge in [0, 0.05) is 19.5 Å². The van der Waals surface area contributed by atoms with Gasteiger partial charge in [-0.05, 0) is 49.3 Å². The third kappa shape index (κ3) is 7.12. The minimum atomic E-state index is -3.48. The van der Waals surface area contributed by atoms with Crippen molar-refractivity contribution in [3.8, 4) is 0 Å². The second kappa shape index (κ2) is 10.7. The fourth-order valence-electron chi connectivity index (χ4n) is 3.48. The van der Waals surface area contributed by atoms with Crippen LogP contribution in [0, 0.1) is 5.92 Å². The number of carboxylic acids is 1. The molecular formula is C21H32N2O5S. The lowest BCUT2D eigenvalue weighted by Crippen LogP contribution is -2.41. The summed E-state index contributed by atoms with van der Waals surface area (Å²) in [6.07, 6.45) is 4.86. The molecule has 7 nitrogen and oxygen atoms in total. The quantitative estimate of drug-likeness (QED) is 0.634. The van der Waals surface area contributed by atoms with Gasteiger partial charge in [0.2, 0.25) is 15.9 Å². The maximum Gasteiger partial charge on any atom is 0.326 e. The molecule has 1 aliphatic rings. The van der Waals surface area contributed by atoms with Crippen LogP contribution in [0.3, 0.4) is 0 Å². The molecule has 1 heterocycles. The Morgan fingerprint density at radius 2 is 1.66 bits per heavy atom. The number of amides is 1. The molecule has 0 aliphatic carbocycles. The minimum absolute atomic E-state index is 0.153. The van der Waals surface area contributed by atoms with Gasteiger partial charge in [-0.25, -0.2) is 13.2 Å². The Labute approximate surface area is 173 Å². The number of carbonyl (C=O) groups is 2. The first kappa shape index (κ1) is 23.3. The SMILES string of the molecule is CC(C)CC(NC(=O)CCc1ccc(S(=O)(=O)N2CCCCCC2)cc1)C(=O)O. The average molecular weight is 425 g/mol. The predicted octanol–water partition coefficient (Wildman–Crippen LogP) is 2.80. The first-order chi connectivity index (χ1) is 13.7. The highest BCUT2D eigenvalue weighted by atomic mass is 32.2. The van der Waals surface area contributed by atoms with Crippen molar-refractivity contribution in [3.63, 3.8) is 0 Å². The third-order valence-electron chi connectivity index (χ3n) is 5.11. The van der Waals surface area contributed by atoms with Gasteiger partial charge in [0.25, 0.3) is 0 Å². The van der Waals surface area contributed by atoms with Crippen LogP contribution in [0.1, 0.15) is 57.9 Å². The molecule has 1 aliphatic heterocycles. The van der Waals surface area contributed by atoms with E-state index in [0.29, 0.717) is 25.9 Å². The number of sulfonamides is 1. The fraction of sp³-hybridized carbons (Fsp3) is 0.619. The van der Waals surface area contributed by atoms with E-state index in [-0.39, 0.29) is 23.1 Å². The number of benzene rings is 1. The molecule has 1 aromatic rings. The third-order valence-corrected chi connectivity index (χ3v) is 7.02. The van der Waals surface area contributed by atoms with Gasteiger partial charge in [-0.1, -0.05) is 38.8 Å². The summed E-state index contributed by atoms with van der Waals surface area (Å²) in [6.45, 7) is 4.93. The zero-order valence-corrected chi connectivity index (χ0v) is 18.1. The molecule has 0 aromatic heterocycles. The number of aryl methyl sites for hydroxylation is 1. The highest BCUT2D eigenvalue weighted by Gasteiger charge is 2.25. The van der Waals surface area contributed by atoms with E-state index in [1.807, 2.05) is 13.8 Å². The Morgan fingerprint density at radius 3 is 2.17 bits per heavy atom. The maximum absolute atomic E-state index is 12.8. The van der Waals surface area contributed by atoms with Crippen molar-refractivity contribution in [2.45, 2.75) is 69.7 Å². The number of carbonyl (C=O) groups excluding carboxylic acids is 1. The Balaban J connectivity index is 1.93. The fourth-order valence-corrected chi connectivity index (χ4v) is 4.99. The van der Waals surface area contributed by atoms with Gasteiger partial charge in [-0.15, -0.1) is 0 Å². The summed E-state index contributed by atoms with van der Waals surface area (Å²) in [6, 6.07) is 5.74. The zero-order valence-electron chi connectivity index (χ0n) is 17.3. The van der Waals surface area contributed by atoms with E-state index < -0.39 is 22.0 Å². The van der Waals surface area contributed by atoms with Crippen molar-refractivity contribution in [2.24, 2.45) is 5.92 Å². The number of hydrogen-bond acceptors (Lipinski definition) is 4. The molecule has 0 bridgehead atoms. The topological polar surface area (TPSA) is 104 Å². The van der Waals surface area contributed by atoms with Gasteiger partial charge in [0.15, 0.2) is 0 Å². The molecular weight excluding hydrogens is 392 g/mol. The molecule has 162 valence electrons. The molecule has 1 amide bonds. The normalized spacial score (nSPS) is 16.9. The predicted molar refractivity (Wildman–Crippen MR) is 111 cm³/mol. The number of hydrogen-bond donors (Lipinski definition) is 2. The monoisotopic (exact) mass is 424 g/mol. The summed E-state index contributed by atoms with van der Waals surface area (Å²) < 4.78 is 27.2. The lowest BCUT2D eigenvalue weighted by Gasteiger charge is -2.20. The van der Waals surface area contributed by atoms with E-state index in [1.165, 1.54) is 0 Å². The van der Waals surface area contributed by atoms with Gasteiger partial charge in [-0.2, -0.15) is 4.31 Å². The van der Waals surface area contributed by atoms with Crippen LogP contribution in [-0.4, -0.2) is 48.8 Å². The van der Waals surface area contributed by atoms with Crippen LogP contribution in [0.25, 0.3) is 0 Å². The Kier molecular flexibility index (Phi) is 8.64. The lowest BCUT2D eigenvalue weighted by atomic mass is 10.0. The number of rotatable bonds is 9. The molecule has 1 atom stereocenters. The van der Waals surface area contributed by atoms with Gasteiger partial charge in [0.05, 0.1) is 4.90 Å². The minimum Gasteiger partial charge on any atom is -0.480 e.